The van der Waals surface area contributed by atoms with E-state index >= 15 is 0 Å². The van der Waals surface area contributed by atoms with E-state index in [0.717, 1.165) is 12.8 Å². The SMILES string of the molecule is O=C(O)C1(Cc2nc(-c3ccccc3F)no2)CCCC1. The van der Waals surface area contributed by atoms with E-state index in [1.807, 2.05) is 0 Å². The summed E-state index contributed by atoms with van der Waals surface area (Å²) in [7, 11) is 0. The fourth-order valence-corrected chi connectivity index (χ4v) is 2.89. The van der Waals surface area contributed by atoms with Gasteiger partial charge in [0.25, 0.3) is 0 Å². The number of carboxylic acids is 1. The zero-order chi connectivity index (χ0) is 14.9. The van der Waals surface area contributed by atoms with Crippen LogP contribution in [0.4, 0.5) is 4.39 Å². The molecule has 1 aromatic heterocycles. The Balaban J connectivity index is 1.86. The second kappa shape index (κ2) is 5.27. The largest absolute Gasteiger partial charge is 0.481 e. The minimum absolute atomic E-state index is 0.154. The van der Waals surface area contributed by atoms with Gasteiger partial charge in [-0.1, -0.05) is 30.1 Å². The third-order valence-electron chi connectivity index (χ3n) is 4.09. The minimum atomic E-state index is -0.828. The molecule has 1 N–H and O–H groups in total. The number of aromatic nitrogens is 2. The fraction of sp³-hybridized carbons (Fsp3) is 0.400. The van der Waals surface area contributed by atoms with Crippen LogP contribution in [-0.4, -0.2) is 21.2 Å². The summed E-state index contributed by atoms with van der Waals surface area (Å²) in [6, 6.07) is 6.15. The summed E-state index contributed by atoms with van der Waals surface area (Å²) in [4.78, 5) is 15.7. The molecule has 0 amide bonds. The van der Waals surface area contributed by atoms with Crippen molar-refractivity contribution >= 4 is 5.97 Å². The molecule has 1 aliphatic carbocycles. The van der Waals surface area contributed by atoms with Gasteiger partial charge in [-0.2, -0.15) is 4.98 Å². The maximum atomic E-state index is 13.7. The van der Waals surface area contributed by atoms with Crippen LogP contribution in [0.1, 0.15) is 31.6 Å². The predicted molar refractivity (Wildman–Crippen MR) is 71.9 cm³/mol. The van der Waals surface area contributed by atoms with Crippen molar-refractivity contribution in [3.05, 3.63) is 36.0 Å². The Morgan fingerprint density at radius 1 is 1.33 bits per heavy atom. The van der Waals surface area contributed by atoms with Crippen molar-refractivity contribution in [2.75, 3.05) is 0 Å². The lowest BCUT2D eigenvalue weighted by molar-refractivity contribution is -0.148. The highest BCUT2D eigenvalue weighted by atomic mass is 19.1. The number of benzene rings is 1. The van der Waals surface area contributed by atoms with Crippen LogP contribution in [0.5, 0.6) is 0 Å². The molecule has 1 fully saturated rings. The molecule has 1 aliphatic rings. The molecule has 5 nitrogen and oxygen atoms in total. The van der Waals surface area contributed by atoms with Crippen molar-refractivity contribution in [3.63, 3.8) is 0 Å². The number of carboxylic acid groups (broad SMARTS) is 1. The first kappa shape index (κ1) is 13.7. The Kier molecular flexibility index (Phi) is 3.45. The molecule has 1 aromatic carbocycles. The van der Waals surface area contributed by atoms with Gasteiger partial charge in [0.2, 0.25) is 11.7 Å². The molecule has 0 radical (unpaired) electrons. The molecule has 0 bridgehead atoms. The van der Waals surface area contributed by atoms with Crippen LogP contribution >= 0.6 is 0 Å². The molecule has 0 saturated heterocycles. The molecule has 21 heavy (non-hydrogen) atoms. The summed E-state index contributed by atoms with van der Waals surface area (Å²) in [5, 5.41) is 13.2. The standard InChI is InChI=1S/C15H15FN2O3/c16-11-6-2-1-5-10(11)13-17-12(21-18-13)9-15(14(19)20)7-3-4-8-15/h1-2,5-6H,3-4,7-9H2,(H,19,20). The maximum absolute atomic E-state index is 13.7. The second-order valence-electron chi connectivity index (χ2n) is 5.46. The van der Waals surface area contributed by atoms with Crippen LogP contribution in [0, 0.1) is 11.2 Å². The molecule has 110 valence electrons. The molecular formula is C15H15FN2O3. The van der Waals surface area contributed by atoms with Gasteiger partial charge in [0.1, 0.15) is 5.82 Å². The van der Waals surface area contributed by atoms with Crippen LogP contribution in [0.25, 0.3) is 11.4 Å². The van der Waals surface area contributed by atoms with Gasteiger partial charge in [-0.05, 0) is 25.0 Å². The molecule has 0 atom stereocenters. The number of rotatable bonds is 4. The van der Waals surface area contributed by atoms with E-state index in [9.17, 15) is 14.3 Å². The average molecular weight is 290 g/mol. The van der Waals surface area contributed by atoms with Crippen LogP contribution in [-0.2, 0) is 11.2 Å². The molecule has 0 unspecified atom stereocenters. The van der Waals surface area contributed by atoms with Gasteiger partial charge in [0.15, 0.2) is 0 Å². The number of nitrogens with zero attached hydrogens (tertiary/aromatic N) is 2. The quantitative estimate of drug-likeness (QED) is 0.936. The lowest BCUT2D eigenvalue weighted by Crippen LogP contribution is -2.30. The van der Waals surface area contributed by atoms with Crippen molar-refractivity contribution < 1.29 is 18.8 Å². The van der Waals surface area contributed by atoms with Crippen molar-refractivity contribution in [1.29, 1.82) is 0 Å². The third kappa shape index (κ3) is 2.53. The third-order valence-corrected chi connectivity index (χ3v) is 4.09. The number of hydrogen-bond donors (Lipinski definition) is 1. The Bertz CT molecular complexity index is 662. The average Bonchev–Trinajstić information content (AvgIpc) is 3.10. The van der Waals surface area contributed by atoms with E-state index in [1.165, 1.54) is 6.07 Å². The van der Waals surface area contributed by atoms with E-state index in [-0.39, 0.29) is 23.7 Å². The molecular weight excluding hydrogens is 275 g/mol. The molecule has 0 aliphatic heterocycles. The summed E-state index contributed by atoms with van der Waals surface area (Å²) in [5.74, 6) is -0.858. The van der Waals surface area contributed by atoms with E-state index < -0.39 is 17.2 Å². The molecule has 3 rings (SSSR count). The van der Waals surface area contributed by atoms with Gasteiger partial charge < -0.3 is 9.63 Å². The maximum Gasteiger partial charge on any atom is 0.310 e. The summed E-state index contributed by atoms with van der Waals surface area (Å²) in [6.07, 6.45) is 3.20. The summed E-state index contributed by atoms with van der Waals surface area (Å²) in [6.45, 7) is 0. The topological polar surface area (TPSA) is 76.2 Å². The van der Waals surface area contributed by atoms with E-state index in [1.54, 1.807) is 18.2 Å². The number of aliphatic carboxylic acids is 1. The van der Waals surface area contributed by atoms with Crippen molar-refractivity contribution in [2.24, 2.45) is 5.41 Å². The van der Waals surface area contributed by atoms with Gasteiger partial charge in [-0.15, -0.1) is 0 Å². The zero-order valence-electron chi connectivity index (χ0n) is 11.4. The Morgan fingerprint density at radius 3 is 2.71 bits per heavy atom. The van der Waals surface area contributed by atoms with Gasteiger partial charge in [0.05, 0.1) is 11.0 Å². The first-order valence-corrected chi connectivity index (χ1v) is 6.92. The van der Waals surface area contributed by atoms with Crippen molar-refractivity contribution in [1.82, 2.24) is 10.1 Å². The van der Waals surface area contributed by atoms with Gasteiger partial charge >= 0.3 is 5.97 Å². The highest BCUT2D eigenvalue weighted by Gasteiger charge is 2.42. The van der Waals surface area contributed by atoms with Gasteiger partial charge in [-0.25, -0.2) is 4.39 Å². The number of carbonyl (C=O) groups is 1. The molecule has 6 heteroatoms. The Hall–Kier alpha value is -2.24. The van der Waals surface area contributed by atoms with Crippen LogP contribution in [0.3, 0.4) is 0 Å². The zero-order valence-corrected chi connectivity index (χ0v) is 11.4. The molecule has 0 spiro atoms. The molecule has 1 heterocycles. The monoisotopic (exact) mass is 290 g/mol. The van der Waals surface area contributed by atoms with Crippen LogP contribution in [0.2, 0.25) is 0 Å². The first-order valence-electron chi connectivity index (χ1n) is 6.92. The molecule has 2 aromatic rings. The normalized spacial score (nSPS) is 17.0. The van der Waals surface area contributed by atoms with Gasteiger partial charge in [0, 0.05) is 6.42 Å². The number of halogens is 1. The van der Waals surface area contributed by atoms with E-state index in [4.69, 9.17) is 4.52 Å². The lowest BCUT2D eigenvalue weighted by Gasteiger charge is -2.21. The smallest absolute Gasteiger partial charge is 0.310 e. The minimum Gasteiger partial charge on any atom is -0.481 e. The van der Waals surface area contributed by atoms with Crippen molar-refractivity contribution in [3.8, 4) is 11.4 Å². The Labute approximate surface area is 120 Å². The van der Waals surface area contributed by atoms with Crippen molar-refractivity contribution in [2.45, 2.75) is 32.1 Å². The highest BCUT2D eigenvalue weighted by Crippen LogP contribution is 2.41. The van der Waals surface area contributed by atoms with Crippen LogP contribution < -0.4 is 0 Å². The fourth-order valence-electron chi connectivity index (χ4n) is 2.89. The first-order chi connectivity index (χ1) is 10.1. The summed E-state index contributed by atoms with van der Waals surface area (Å²) >= 11 is 0. The summed E-state index contributed by atoms with van der Waals surface area (Å²) < 4.78 is 18.8. The highest BCUT2D eigenvalue weighted by molar-refractivity contribution is 5.75. The second-order valence-corrected chi connectivity index (χ2v) is 5.46. The molecule has 1 saturated carbocycles. The lowest BCUT2D eigenvalue weighted by atomic mass is 9.83. The van der Waals surface area contributed by atoms with Gasteiger partial charge in [-0.3, -0.25) is 4.79 Å². The van der Waals surface area contributed by atoms with Crippen LogP contribution in [0.15, 0.2) is 28.8 Å². The number of hydrogen-bond acceptors (Lipinski definition) is 4. The van der Waals surface area contributed by atoms with E-state index in [0.29, 0.717) is 12.8 Å². The predicted octanol–water partition coefficient (Wildman–Crippen LogP) is 3.06. The summed E-state index contributed by atoms with van der Waals surface area (Å²) in [5.41, 5.74) is -0.567. The van der Waals surface area contributed by atoms with E-state index in [2.05, 4.69) is 10.1 Å². The Morgan fingerprint density at radius 2 is 2.05 bits per heavy atom.